The van der Waals surface area contributed by atoms with Crippen LogP contribution in [-0.4, -0.2) is 54.4 Å². The first-order valence-corrected chi connectivity index (χ1v) is 8.07. The molecule has 2 saturated heterocycles. The van der Waals surface area contributed by atoms with E-state index in [1.165, 1.54) is 10.9 Å². The van der Waals surface area contributed by atoms with Crippen molar-refractivity contribution in [3.05, 3.63) is 16.7 Å². The average Bonchev–Trinajstić information content (AvgIpc) is 3.09. The van der Waals surface area contributed by atoms with Crippen LogP contribution in [0.1, 0.15) is 6.23 Å². The van der Waals surface area contributed by atoms with E-state index in [1.54, 1.807) is 0 Å². The lowest BCUT2D eigenvalue weighted by molar-refractivity contribution is -0.0589. The molecule has 0 spiro atoms. The topological polar surface area (TPSA) is 175 Å². The predicted molar refractivity (Wildman–Crippen MR) is 73.1 cm³/mol. The van der Waals surface area contributed by atoms with Crippen LogP contribution in [-0.2, 0) is 18.3 Å². The summed E-state index contributed by atoms with van der Waals surface area (Å²) in [6.45, 7) is -0.441. The van der Waals surface area contributed by atoms with Crippen molar-refractivity contribution in [2.75, 3.05) is 12.3 Å². The van der Waals surface area contributed by atoms with E-state index in [-0.39, 0.29) is 17.1 Å². The van der Waals surface area contributed by atoms with Crippen molar-refractivity contribution in [3.63, 3.8) is 0 Å². The number of phosphoric ester groups is 1. The van der Waals surface area contributed by atoms with Gasteiger partial charge in [0.15, 0.2) is 17.4 Å². The van der Waals surface area contributed by atoms with Crippen LogP contribution in [0.25, 0.3) is 11.2 Å². The number of aromatic nitrogens is 4. The Hall–Kier alpha value is -1.82. The molecule has 5 atom stereocenters. The van der Waals surface area contributed by atoms with Crippen molar-refractivity contribution in [3.8, 4) is 0 Å². The molecule has 0 aliphatic carbocycles. The van der Waals surface area contributed by atoms with Gasteiger partial charge in [-0.3, -0.25) is 23.4 Å². The Kier molecular flexibility index (Phi) is 3.10. The number of anilines is 1. The Labute approximate surface area is 127 Å². The van der Waals surface area contributed by atoms with Crippen LogP contribution in [0.2, 0.25) is 0 Å². The maximum atomic E-state index is 11.8. The quantitative estimate of drug-likeness (QED) is 0.467. The van der Waals surface area contributed by atoms with E-state index in [0.717, 1.165) is 0 Å². The molecule has 2 fully saturated rings. The third-order valence-electron chi connectivity index (χ3n) is 3.70. The van der Waals surface area contributed by atoms with Gasteiger partial charge in [-0.05, 0) is 0 Å². The van der Waals surface area contributed by atoms with Crippen LogP contribution in [0.15, 0.2) is 11.1 Å². The number of aliphatic hydroxyl groups excluding tert-OH is 1. The highest BCUT2D eigenvalue weighted by Crippen LogP contribution is 2.58. The molecule has 0 radical (unpaired) electrons. The number of nitrogens with two attached hydrogens (primary N) is 1. The molecule has 4 rings (SSSR count). The molecule has 0 bridgehead atoms. The smallest absolute Gasteiger partial charge is 0.394 e. The summed E-state index contributed by atoms with van der Waals surface area (Å²) in [7, 11) is -4.23. The number of rotatable bonds is 2. The minimum absolute atomic E-state index is 0.0258. The van der Waals surface area contributed by atoms with Crippen molar-refractivity contribution < 1.29 is 28.3 Å². The molecule has 0 aromatic carbocycles. The van der Waals surface area contributed by atoms with E-state index in [2.05, 4.69) is 15.0 Å². The maximum Gasteiger partial charge on any atom is 0.473 e. The number of hydrogen-bond donors (Lipinski definition) is 4. The van der Waals surface area contributed by atoms with E-state index in [4.69, 9.17) is 19.5 Å². The lowest BCUT2D eigenvalue weighted by Crippen LogP contribution is -2.30. The number of nitrogens with one attached hydrogen (secondary N) is 1. The number of fused-ring (bicyclic) bond motifs is 2. The first kappa shape index (κ1) is 14.8. The molecular formula is C10H12N5O7P. The number of aliphatic hydroxyl groups is 1. The molecule has 13 heteroatoms. The summed E-state index contributed by atoms with van der Waals surface area (Å²) in [6, 6.07) is 0. The largest absolute Gasteiger partial charge is 0.473 e. The number of H-pyrrole nitrogens is 1. The summed E-state index contributed by atoms with van der Waals surface area (Å²) in [4.78, 5) is 31.5. The second kappa shape index (κ2) is 4.84. The zero-order valence-corrected chi connectivity index (χ0v) is 12.3. The number of imidazole rings is 1. The number of phosphoric acid groups is 1. The SMILES string of the molecule is Nc1nc2c(ncn2[C@@H]2O[C@H](CO)[C@@H]3OP(=O)(O)O[C@H]32)c(=O)[nH]1. The van der Waals surface area contributed by atoms with Crippen molar-refractivity contribution in [2.24, 2.45) is 0 Å². The van der Waals surface area contributed by atoms with Gasteiger partial charge in [0, 0.05) is 0 Å². The molecule has 4 heterocycles. The summed E-state index contributed by atoms with van der Waals surface area (Å²) in [6.07, 6.45) is -2.46. The highest BCUT2D eigenvalue weighted by Gasteiger charge is 2.57. The monoisotopic (exact) mass is 345 g/mol. The third kappa shape index (κ3) is 2.19. The van der Waals surface area contributed by atoms with Gasteiger partial charge in [-0.2, -0.15) is 4.98 Å². The van der Waals surface area contributed by atoms with Crippen LogP contribution in [0, 0.1) is 0 Å². The predicted octanol–water partition coefficient (Wildman–Crippen LogP) is -1.52. The number of aromatic amines is 1. The number of hydrogen-bond acceptors (Lipinski definition) is 9. The summed E-state index contributed by atoms with van der Waals surface area (Å²) >= 11 is 0. The molecule has 2 aromatic rings. The zero-order chi connectivity index (χ0) is 16.4. The lowest BCUT2D eigenvalue weighted by atomic mass is 10.1. The van der Waals surface area contributed by atoms with Gasteiger partial charge in [-0.15, -0.1) is 0 Å². The lowest BCUT2D eigenvalue weighted by Gasteiger charge is -2.18. The Morgan fingerprint density at radius 1 is 1.43 bits per heavy atom. The minimum Gasteiger partial charge on any atom is -0.394 e. The molecule has 2 aliphatic rings. The second-order valence-electron chi connectivity index (χ2n) is 5.13. The van der Waals surface area contributed by atoms with Crippen molar-refractivity contribution in [1.82, 2.24) is 19.5 Å². The maximum absolute atomic E-state index is 11.8. The van der Waals surface area contributed by atoms with Gasteiger partial charge in [0.2, 0.25) is 5.95 Å². The van der Waals surface area contributed by atoms with Gasteiger partial charge < -0.3 is 20.5 Å². The fourth-order valence-corrected chi connectivity index (χ4v) is 3.92. The Morgan fingerprint density at radius 2 is 2.17 bits per heavy atom. The number of ether oxygens (including phenoxy) is 1. The van der Waals surface area contributed by atoms with E-state index in [1.807, 2.05) is 0 Å². The molecule has 2 aromatic heterocycles. The molecule has 0 saturated carbocycles. The first-order chi connectivity index (χ1) is 10.9. The van der Waals surface area contributed by atoms with E-state index in [0.29, 0.717) is 0 Å². The molecule has 1 unspecified atom stereocenters. The summed E-state index contributed by atoms with van der Waals surface area (Å²) in [5.41, 5.74) is 5.14. The van der Waals surface area contributed by atoms with Crippen LogP contribution in [0.4, 0.5) is 5.95 Å². The van der Waals surface area contributed by atoms with Crippen molar-refractivity contribution in [2.45, 2.75) is 24.5 Å². The molecule has 0 amide bonds. The second-order valence-corrected chi connectivity index (χ2v) is 6.49. The van der Waals surface area contributed by atoms with Gasteiger partial charge in [-0.1, -0.05) is 0 Å². The molecular weight excluding hydrogens is 333 g/mol. The minimum atomic E-state index is -4.23. The Morgan fingerprint density at radius 3 is 2.91 bits per heavy atom. The summed E-state index contributed by atoms with van der Waals surface area (Å²) in [5, 5.41) is 9.35. The molecule has 2 aliphatic heterocycles. The zero-order valence-electron chi connectivity index (χ0n) is 11.4. The van der Waals surface area contributed by atoms with Gasteiger partial charge in [-0.25, -0.2) is 9.55 Å². The highest BCUT2D eigenvalue weighted by atomic mass is 31.2. The van der Waals surface area contributed by atoms with Gasteiger partial charge in [0.1, 0.15) is 18.3 Å². The van der Waals surface area contributed by atoms with E-state index >= 15 is 0 Å². The van der Waals surface area contributed by atoms with E-state index in [9.17, 15) is 19.4 Å². The summed E-state index contributed by atoms with van der Waals surface area (Å²) < 4.78 is 28.5. The van der Waals surface area contributed by atoms with Crippen molar-refractivity contribution in [1.29, 1.82) is 0 Å². The Bertz CT molecular complexity index is 880. The van der Waals surface area contributed by atoms with Crippen LogP contribution in [0.5, 0.6) is 0 Å². The first-order valence-electron chi connectivity index (χ1n) is 6.58. The molecule has 23 heavy (non-hydrogen) atoms. The fourth-order valence-electron chi connectivity index (χ4n) is 2.78. The van der Waals surface area contributed by atoms with Gasteiger partial charge in [0.25, 0.3) is 5.56 Å². The fraction of sp³-hybridized carbons (Fsp3) is 0.500. The number of nitrogens with zero attached hydrogens (tertiary/aromatic N) is 3. The number of nitrogen functional groups attached to an aromatic ring is 1. The van der Waals surface area contributed by atoms with Gasteiger partial charge >= 0.3 is 7.82 Å². The van der Waals surface area contributed by atoms with Gasteiger partial charge in [0.05, 0.1) is 12.9 Å². The van der Waals surface area contributed by atoms with Crippen LogP contribution in [0.3, 0.4) is 0 Å². The standard InChI is InChI=1S/C10H12N5O7P/c11-10-13-7-4(8(17)14-10)12-2-15(7)9-6-5(3(1-16)20-9)21-23(18,19)22-6/h2-3,5-6,9,16H,1H2,(H,18,19)(H3,11,13,14,17)/t3-,5+,6-,9-/m1/s1. The van der Waals surface area contributed by atoms with Crippen LogP contribution >= 0.6 is 7.82 Å². The highest BCUT2D eigenvalue weighted by molar-refractivity contribution is 7.47. The summed E-state index contributed by atoms with van der Waals surface area (Å²) in [5.74, 6) is -0.117. The average molecular weight is 345 g/mol. The van der Waals surface area contributed by atoms with Crippen LogP contribution < -0.4 is 11.3 Å². The Balaban J connectivity index is 1.82. The molecule has 12 nitrogen and oxygen atoms in total. The third-order valence-corrected chi connectivity index (χ3v) is 4.72. The molecule has 5 N–H and O–H groups in total. The van der Waals surface area contributed by atoms with E-state index < -0.39 is 44.5 Å². The normalized spacial score (nSPS) is 36.6. The van der Waals surface area contributed by atoms with Crippen molar-refractivity contribution >= 4 is 24.9 Å². The molecule has 124 valence electrons.